The van der Waals surface area contributed by atoms with Gasteiger partial charge >= 0.3 is 0 Å². The normalized spacial score (nSPS) is 11.9. The number of hydrogen-bond acceptors (Lipinski definition) is 5. The van der Waals surface area contributed by atoms with Crippen molar-refractivity contribution in [2.45, 2.75) is 17.9 Å². The van der Waals surface area contributed by atoms with E-state index in [-0.39, 0.29) is 16.3 Å². The molecule has 0 fully saturated rings. The molecule has 1 amide bonds. The maximum Gasteiger partial charge on any atom is 0.271 e. The van der Waals surface area contributed by atoms with E-state index in [0.29, 0.717) is 0 Å². The van der Waals surface area contributed by atoms with Gasteiger partial charge in [-0.1, -0.05) is 84.4 Å². The number of nitrogens with one attached hydrogen (secondary N) is 1. The van der Waals surface area contributed by atoms with E-state index in [1.807, 2.05) is 61.5 Å². The third-order valence-electron chi connectivity index (χ3n) is 5.80. The summed E-state index contributed by atoms with van der Waals surface area (Å²) in [5.74, 6) is -0.569. The third-order valence-corrected chi connectivity index (χ3v) is 7.58. The summed E-state index contributed by atoms with van der Waals surface area (Å²) in [4.78, 5) is 24.1. The van der Waals surface area contributed by atoms with Gasteiger partial charge in [-0.2, -0.15) is 0 Å². The number of nitrogens with zero attached hydrogens (tertiary/aromatic N) is 2. The van der Waals surface area contributed by atoms with Crippen LogP contribution in [-0.2, 0) is 14.8 Å². The smallest absolute Gasteiger partial charge is 0.271 e. The Morgan fingerprint density at radius 2 is 1.46 bits per heavy atom. The highest BCUT2D eigenvalue weighted by Gasteiger charge is 2.29. The lowest BCUT2D eigenvalue weighted by Gasteiger charge is -2.26. The van der Waals surface area contributed by atoms with E-state index < -0.39 is 33.4 Å². The Balaban J connectivity index is 1.71. The summed E-state index contributed by atoms with van der Waals surface area (Å²) in [6.45, 7) is 1.39. The number of aryl methyl sites for hydroxylation is 1. The van der Waals surface area contributed by atoms with Crippen LogP contribution in [0.2, 0.25) is 0 Å². The Kier molecular flexibility index (Phi) is 7.64. The lowest BCUT2D eigenvalue weighted by Crippen LogP contribution is -2.42. The quantitative estimate of drug-likeness (QED) is 0.249. The molecule has 0 aliphatic rings. The van der Waals surface area contributed by atoms with Crippen LogP contribution in [0.15, 0.2) is 114 Å². The van der Waals surface area contributed by atoms with Crippen LogP contribution in [0, 0.1) is 17.0 Å². The maximum absolute atomic E-state index is 13.6. The summed E-state index contributed by atoms with van der Waals surface area (Å²) in [6.07, 6.45) is 0. The van der Waals surface area contributed by atoms with Crippen molar-refractivity contribution in [3.63, 3.8) is 0 Å². The van der Waals surface area contributed by atoms with Crippen molar-refractivity contribution in [1.82, 2.24) is 5.32 Å². The minimum absolute atomic E-state index is 0.0137. The second-order valence-electron chi connectivity index (χ2n) is 8.42. The van der Waals surface area contributed by atoms with Crippen LogP contribution in [0.4, 0.5) is 11.4 Å². The molecule has 9 heteroatoms. The minimum Gasteiger partial charge on any atom is -0.344 e. The predicted molar refractivity (Wildman–Crippen MR) is 142 cm³/mol. The fraction of sp³-hybridized carbons (Fsp3) is 0.107. The van der Waals surface area contributed by atoms with Gasteiger partial charge in [-0.25, -0.2) is 8.42 Å². The van der Waals surface area contributed by atoms with Crippen molar-refractivity contribution in [3.05, 3.63) is 136 Å². The number of hydrogen-bond donors (Lipinski definition) is 1. The maximum atomic E-state index is 13.6. The summed E-state index contributed by atoms with van der Waals surface area (Å²) >= 11 is 0. The molecular formula is C28H25N3O5S. The van der Waals surface area contributed by atoms with Crippen LogP contribution in [0.5, 0.6) is 0 Å². The molecule has 0 heterocycles. The summed E-state index contributed by atoms with van der Waals surface area (Å²) in [5, 5.41) is 14.3. The summed E-state index contributed by atoms with van der Waals surface area (Å²) in [5.41, 5.74) is 2.45. The van der Waals surface area contributed by atoms with Gasteiger partial charge in [-0.05, 0) is 36.2 Å². The average molecular weight is 516 g/mol. The molecule has 0 aliphatic heterocycles. The molecule has 1 atom stereocenters. The largest absolute Gasteiger partial charge is 0.344 e. The molecule has 8 nitrogen and oxygen atoms in total. The van der Waals surface area contributed by atoms with E-state index >= 15 is 0 Å². The molecule has 4 aromatic rings. The fourth-order valence-electron chi connectivity index (χ4n) is 3.90. The molecule has 0 bridgehead atoms. The third kappa shape index (κ3) is 6.02. The second kappa shape index (κ2) is 11.0. The number of rotatable bonds is 9. The molecule has 0 aliphatic carbocycles. The topological polar surface area (TPSA) is 110 Å². The lowest BCUT2D eigenvalue weighted by molar-refractivity contribution is -0.384. The van der Waals surface area contributed by atoms with Crippen molar-refractivity contribution in [1.29, 1.82) is 0 Å². The number of carbonyl (C=O) groups is 1. The number of benzene rings is 4. The Morgan fingerprint density at radius 3 is 2.08 bits per heavy atom. The van der Waals surface area contributed by atoms with Crippen LogP contribution in [0.1, 0.15) is 22.7 Å². The number of non-ortho nitro benzene ring substituents is 1. The van der Waals surface area contributed by atoms with Gasteiger partial charge in [0.15, 0.2) is 0 Å². The monoisotopic (exact) mass is 515 g/mol. The van der Waals surface area contributed by atoms with Gasteiger partial charge in [-0.15, -0.1) is 0 Å². The number of anilines is 1. The van der Waals surface area contributed by atoms with Crippen LogP contribution in [0.3, 0.4) is 0 Å². The van der Waals surface area contributed by atoms with Crippen molar-refractivity contribution in [2.24, 2.45) is 0 Å². The molecule has 4 rings (SSSR count). The summed E-state index contributed by atoms with van der Waals surface area (Å²) in [7, 11) is -4.21. The first kappa shape index (κ1) is 25.6. The molecule has 0 saturated carbocycles. The van der Waals surface area contributed by atoms with Crippen LogP contribution < -0.4 is 9.62 Å². The molecule has 1 N–H and O–H groups in total. The van der Waals surface area contributed by atoms with Gasteiger partial charge in [0.2, 0.25) is 5.91 Å². The number of sulfonamides is 1. The van der Waals surface area contributed by atoms with Crippen LogP contribution in [0.25, 0.3) is 0 Å². The zero-order valence-corrected chi connectivity index (χ0v) is 20.8. The van der Waals surface area contributed by atoms with E-state index in [4.69, 9.17) is 0 Å². The van der Waals surface area contributed by atoms with E-state index in [2.05, 4.69) is 5.32 Å². The summed E-state index contributed by atoms with van der Waals surface area (Å²) in [6, 6.07) is 29.4. The molecule has 37 heavy (non-hydrogen) atoms. The first-order valence-corrected chi connectivity index (χ1v) is 12.9. The fourth-order valence-corrected chi connectivity index (χ4v) is 5.33. The SMILES string of the molecule is Cc1ccc([C@@H](NC(=O)CN(c2cccc([N+](=O)[O-])c2)S(=O)(=O)c2ccccc2)c2ccccc2)cc1. The zero-order valence-electron chi connectivity index (χ0n) is 20.0. The molecule has 0 unspecified atom stereocenters. The molecule has 0 radical (unpaired) electrons. The lowest BCUT2D eigenvalue weighted by atomic mass is 9.98. The Hall–Kier alpha value is -4.50. The average Bonchev–Trinajstić information content (AvgIpc) is 2.92. The number of carbonyl (C=O) groups excluding carboxylic acids is 1. The van der Waals surface area contributed by atoms with Crippen molar-refractivity contribution in [2.75, 3.05) is 10.8 Å². The van der Waals surface area contributed by atoms with Gasteiger partial charge < -0.3 is 5.32 Å². The van der Waals surface area contributed by atoms with E-state index in [9.17, 15) is 23.3 Å². The van der Waals surface area contributed by atoms with Gasteiger partial charge in [0, 0.05) is 12.1 Å². The molecule has 0 saturated heterocycles. The van der Waals surface area contributed by atoms with Crippen molar-refractivity contribution < 1.29 is 18.1 Å². The van der Waals surface area contributed by atoms with E-state index in [1.54, 1.807) is 18.2 Å². The highest BCUT2D eigenvalue weighted by molar-refractivity contribution is 7.92. The standard InChI is InChI=1S/C28H25N3O5S/c1-21-15-17-23(18-16-21)28(22-9-4-2-5-10-22)29-27(32)20-30(24-11-8-12-25(19-24)31(33)34)37(35,36)26-13-6-3-7-14-26/h2-19,28H,20H2,1H3,(H,29,32)/t28-/m0/s1. The predicted octanol–water partition coefficient (Wildman–Crippen LogP) is 5.00. The molecule has 188 valence electrons. The molecule has 0 aromatic heterocycles. The second-order valence-corrected chi connectivity index (χ2v) is 10.3. The van der Waals surface area contributed by atoms with Crippen LogP contribution in [-0.4, -0.2) is 25.8 Å². The Morgan fingerprint density at radius 1 is 0.865 bits per heavy atom. The molecular weight excluding hydrogens is 490 g/mol. The van der Waals surface area contributed by atoms with E-state index in [1.165, 1.54) is 30.3 Å². The Bertz CT molecular complexity index is 1490. The highest BCUT2D eigenvalue weighted by Crippen LogP contribution is 2.28. The highest BCUT2D eigenvalue weighted by atomic mass is 32.2. The zero-order chi connectivity index (χ0) is 26.4. The van der Waals surface area contributed by atoms with Gasteiger partial charge in [0.1, 0.15) is 6.54 Å². The van der Waals surface area contributed by atoms with Gasteiger partial charge in [-0.3, -0.25) is 19.2 Å². The van der Waals surface area contributed by atoms with E-state index in [0.717, 1.165) is 27.1 Å². The number of nitro groups is 1. The van der Waals surface area contributed by atoms with Crippen LogP contribution >= 0.6 is 0 Å². The number of amides is 1. The summed E-state index contributed by atoms with van der Waals surface area (Å²) < 4.78 is 28.1. The Labute approximate surface area is 215 Å². The minimum atomic E-state index is -4.21. The first-order chi connectivity index (χ1) is 17.8. The molecule has 0 spiro atoms. The molecule has 4 aromatic carbocycles. The van der Waals surface area contributed by atoms with Gasteiger partial charge in [0.25, 0.3) is 15.7 Å². The first-order valence-electron chi connectivity index (χ1n) is 11.5. The van der Waals surface area contributed by atoms with Gasteiger partial charge in [0.05, 0.1) is 21.5 Å². The number of nitro benzene ring substituents is 1. The van der Waals surface area contributed by atoms with Crippen molar-refractivity contribution >= 4 is 27.3 Å². The van der Waals surface area contributed by atoms with Crippen molar-refractivity contribution in [3.8, 4) is 0 Å².